The van der Waals surface area contributed by atoms with Gasteiger partial charge in [0.15, 0.2) is 0 Å². The highest BCUT2D eigenvalue weighted by atomic mass is 79.9. The molecule has 0 aromatic heterocycles. The van der Waals surface area contributed by atoms with Crippen LogP contribution in [0.4, 0.5) is 0 Å². The minimum atomic E-state index is -3.56. The first-order valence-electron chi connectivity index (χ1n) is 6.52. The van der Waals surface area contributed by atoms with Crippen molar-refractivity contribution in [3.8, 4) is 0 Å². The number of halogens is 2. The van der Waals surface area contributed by atoms with E-state index in [1.807, 2.05) is 24.3 Å². The smallest absolute Gasteiger partial charge is 0.207 e. The van der Waals surface area contributed by atoms with E-state index in [1.54, 1.807) is 6.07 Å². The molecular weight excluding hydrogens is 374 g/mol. The molecule has 3 rings (SSSR count). The van der Waals surface area contributed by atoms with Crippen LogP contribution in [0.5, 0.6) is 0 Å². The third-order valence-corrected chi connectivity index (χ3v) is 6.31. The molecule has 1 unspecified atom stereocenters. The summed E-state index contributed by atoms with van der Waals surface area (Å²) in [6.45, 7) is 0. The molecule has 0 amide bonds. The van der Waals surface area contributed by atoms with Gasteiger partial charge in [0.25, 0.3) is 0 Å². The Kier molecular flexibility index (Phi) is 4.10. The van der Waals surface area contributed by atoms with Gasteiger partial charge >= 0.3 is 0 Å². The SMILES string of the molecule is O=S(=O)(NC1CCc2ccccc21)c1ccc(Cl)c(Br)c1. The van der Waals surface area contributed by atoms with Crippen LogP contribution in [-0.2, 0) is 16.4 Å². The summed E-state index contributed by atoms with van der Waals surface area (Å²) in [6, 6.07) is 12.4. The van der Waals surface area contributed by atoms with Crippen LogP contribution < -0.4 is 4.72 Å². The van der Waals surface area contributed by atoms with Crippen molar-refractivity contribution in [3.63, 3.8) is 0 Å². The Bertz CT molecular complexity index is 792. The number of rotatable bonds is 3. The van der Waals surface area contributed by atoms with Crippen LogP contribution >= 0.6 is 27.5 Å². The second-order valence-electron chi connectivity index (χ2n) is 4.99. The van der Waals surface area contributed by atoms with Gasteiger partial charge < -0.3 is 0 Å². The van der Waals surface area contributed by atoms with E-state index in [4.69, 9.17) is 11.6 Å². The highest BCUT2D eigenvalue weighted by molar-refractivity contribution is 9.10. The molecular formula is C15H13BrClNO2S. The normalized spacial score (nSPS) is 17.7. The summed E-state index contributed by atoms with van der Waals surface area (Å²) in [7, 11) is -3.56. The Balaban J connectivity index is 1.89. The summed E-state index contributed by atoms with van der Waals surface area (Å²) in [5.41, 5.74) is 2.27. The Morgan fingerprint density at radius 2 is 1.95 bits per heavy atom. The predicted octanol–water partition coefficient (Wildman–Crippen LogP) is 4.07. The van der Waals surface area contributed by atoms with E-state index in [9.17, 15) is 8.42 Å². The van der Waals surface area contributed by atoms with Gasteiger partial charge in [0, 0.05) is 10.5 Å². The molecule has 3 nitrogen and oxygen atoms in total. The zero-order chi connectivity index (χ0) is 15.0. The van der Waals surface area contributed by atoms with Crippen molar-refractivity contribution < 1.29 is 8.42 Å². The molecule has 0 bridgehead atoms. The standard InChI is InChI=1S/C15H13BrClNO2S/c16-13-9-11(6-7-14(13)17)21(19,20)18-15-8-5-10-3-1-2-4-12(10)15/h1-4,6-7,9,15,18H,5,8H2. The molecule has 0 heterocycles. The Morgan fingerprint density at radius 3 is 2.71 bits per heavy atom. The highest BCUT2D eigenvalue weighted by Crippen LogP contribution is 2.32. The zero-order valence-corrected chi connectivity index (χ0v) is 14.2. The predicted molar refractivity (Wildman–Crippen MR) is 87.0 cm³/mol. The molecule has 21 heavy (non-hydrogen) atoms. The molecule has 1 aliphatic rings. The summed E-state index contributed by atoms with van der Waals surface area (Å²) in [5, 5.41) is 0.486. The molecule has 1 N–H and O–H groups in total. The Labute approximate surface area is 137 Å². The van der Waals surface area contributed by atoms with E-state index in [-0.39, 0.29) is 10.9 Å². The first-order valence-corrected chi connectivity index (χ1v) is 9.18. The van der Waals surface area contributed by atoms with Crippen LogP contribution in [0.2, 0.25) is 5.02 Å². The van der Waals surface area contributed by atoms with E-state index in [1.165, 1.54) is 17.7 Å². The number of benzene rings is 2. The molecule has 6 heteroatoms. The minimum Gasteiger partial charge on any atom is -0.207 e. The first kappa shape index (κ1) is 15.0. The van der Waals surface area contributed by atoms with E-state index in [0.29, 0.717) is 9.50 Å². The lowest BCUT2D eigenvalue weighted by Crippen LogP contribution is -2.27. The maximum atomic E-state index is 12.5. The fourth-order valence-corrected chi connectivity index (χ4v) is 4.50. The number of nitrogens with one attached hydrogen (secondary N) is 1. The zero-order valence-electron chi connectivity index (χ0n) is 11.0. The molecule has 0 radical (unpaired) electrons. The van der Waals surface area contributed by atoms with E-state index in [0.717, 1.165) is 18.4 Å². The topological polar surface area (TPSA) is 46.2 Å². The minimum absolute atomic E-state index is 0.166. The lowest BCUT2D eigenvalue weighted by Gasteiger charge is -2.15. The lowest BCUT2D eigenvalue weighted by molar-refractivity contribution is 0.554. The molecule has 0 saturated carbocycles. The van der Waals surface area contributed by atoms with Gasteiger partial charge in [0.05, 0.1) is 9.92 Å². The maximum absolute atomic E-state index is 12.5. The number of hydrogen-bond acceptors (Lipinski definition) is 2. The third-order valence-electron chi connectivity index (χ3n) is 3.63. The molecule has 0 aliphatic heterocycles. The molecule has 110 valence electrons. The highest BCUT2D eigenvalue weighted by Gasteiger charge is 2.27. The largest absolute Gasteiger partial charge is 0.241 e. The Morgan fingerprint density at radius 1 is 1.19 bits per heavy atom. The fourth-order valence-electron chi connectivity index (χ4n) is 2.58. The second kappa shape index (κ2) is 5.72. The molecule has 1 atom stereocenters. The van der Waals surface area contributed by atoms with Crippen LogP contribution in [0.15, 0.2) is 51.8 Å². The second-order valence-corrected chi connectivity index (χ2v) is 7.96. The molecule has 0 spiro atoms. The summed E-state index contributed by atoms with van der Waals surface area (Å²) in [6.07, 6.45) is 1.68. The third kappa shape index (κ3) is 3.01. The molecule has 2 aromatic carbocycles. The summed E-state index contributed by atoms with van der Waals surface area (Å²) in [5.74, 6) is 0. The summed E-state index contributed by atoms with van der Waals surface area (Å²) in [4.78, 5) is 0.211. The van der Waals surface area contributed by atoms with Gasteiger partial charge in [-0.15, -0.1) is 0 Å². The van der Waals surface area contributed by atoms with E-state index < -0.39 is 10.0 Å². The van der Waals surface area contributed by atoms with Crippen LogP contribution in [0, 0.1) is 0 Å². The first-order chi connectivity index (χ1) is 9.97. The molecule has 1 aliphatic carbocycles. The number of hydrogen-bond donors (Lipinski definition) is 1. The number of sulfonamides is 1. The van der Waals surface area contributed by atoms with Crippen molar-refractivity contribution in [2.45, 2.75) is 23.8 Å². The monoisotopic (exact) mass is 385 g/mol. The molecule has 0 saturated heterocycles. The van der Waals surface area contributed by atoms with Crippen molar-refractivity contribution >= 4 is 37.6 Å². The average molecular weight is 387 g/mol. The van der Waals surface area contributed by atoms with Crippen molar-refractivity contribution in [2.24, 2.45) is 0 Å². The fraction of sp³-hybridized carbons (Fsp3) is 0.200. The van der Waals surface area contributed by atoms with Crippen molar-refractivity contribution in [1.82, 2.24) is 4.72 Å². The number of fused-ring (bicyclic) bond motifs is 1. The van der Waals surface area contributed by atoms with Crippen LogP contribution in [-0.4, -0.2) is 8.42 Å². The number of aryl methyl sites for hydroxylation is 1. The molecule has 2 aromatic rings. The summed E-state index contributed by atoms with van der Waals surface area (Å²) < 4.78 is 28.3. The van der Waals surface area contributed by atoms with Gasteiger partial charge in [-0.3, -0.25) is 0 Å². The lowest BCUT2D eigenvalue weighted by atomic mass is 10.1. The molecule has 0 fully saturated rings. The van der Waals surface area contributed by atoms with E-state index >= 15 is 0 Å². The van der Waals surface area contributed by atoms with Gasteiger partial charge in [0.2, 0.25) is 10.0 Å². The van der Waals surface area contributed by atoms with Crippen molar-refractivity contribution in [2.75, 3.05) is 0 Å². The van der Waals surface area contributed by atoms with Gasteiger partial charge in [-0.05, 0) is 58.1 Å². The van der Waals surface area contributed by atoms with Crippen molar-refractivity contribution in [3.05, 3.63) is 63.1 Å². The van der Waals surface area contributed by atoms with Gasteiger partial charge in [0.1, 0.15) is 0 Å². The average Bonchev–Trinajstić information content (AvgIpc) is 2.85. The Hall–Kier alpha value is -0.880. The van der Waals surface area contributed by atoms with Gasteiger partial charge in [-0.1, -0.05) is 35.9 Å². The van der Waals surface area contributed by atoms with E-state index in [2.05, 4.69) is 20.7 Å². The van der Waals surface area contributed by atoms with Crippen LogP contribution in [0.25, 0.3) is 0 Å². The van der Waals surface area contributed by atoms with Gasteiger partial charge in [-0.25, -0.2) is 13.1 Å². The maximum Gasteiger partial charge on any atom is 0.241 e. The van der Waals surface area contributed by atoms with Crippen molar-refractivity contribution in [1.29, 1.82) is 0 Å². The van der Waals surface area contributed by atoms with Crippen LogP contribution in [0.3, 0.4) is 0 Å². The summed E-state index contributed by atoms with van der Waals surface area (Å²) >= 11 is 9.16. The van der Waals surface area contributed by atoms with Gasteiger partial charge in [-0.2, -0.15) is 0 Å². The van der Waals surface area contributed by atoms with Crippen LogP contribution in [0.1, 0.15) is 23.6 Å². The quantitative estimate of drug-likeness (QED) is 0.864.